The Morgan fingerprint density at radius 3 is 2.75 bits per heavy atom. The van der Waals surface area contributed by atoms with Crippen molar-refractivity contribution < 1.29 is 0 Å². The van der Waals surface area contributed by atoms with E-state index in [0.29, 0.717) is 0 Å². The lowest BCUT2D eigenvalue weighted by molar-refractivity contribution is 0.972. The van der Waals surface area contributed by atoms with Crippen molar-refractivity contribution in [1.29, 1.82) is 0 Å². The van der Waals surface area contributed by atoms with Crippen molar-refractivity contribution in [3.63, 3.8) is 0 Å². The molecule has 1 N–H and O–H groups in total. The minimum absolute atomic E-state index is 0.0255. The first kappa shape index (κ1) is 11.3. The van der Waals surface area contributed by atoms with Crippen molar-refractivity contribution in [2.75, 3.05) is 11.4 Å². The second-order valence-electron chi connectivity index (χ2n) is 5.10. The standard InChI is InChI=1S/C17H14N2O/c20-17-14-7-3-1-6-13(14)11-16(18-17)19-10-9-12-5-2-4-8-15(12)19/h1-8,11H,9-10H2,(H,18,20). The third-order valence-corrected chi connectivity index (χ3v) is 3.92. The number of nitrogens with one attached hydrogen (secondary N) is 1. The predicted molar refractivity (Wildman–Crippen MR) is 81.7 cm³/mol. The van der Waals surface area contributed by atoms with Gasteiger partial charge in [-0.05, 0) is 35.6 Å². The van der Waals surface area contributed by atoms with Gasteiger partial charge in [0.1, 0.15) is 5.82 Å². The quantitative estimate of drug-likeness (QED) is 0.731. The van der Waals surface area contributed by atoms with Crippen LogP contribution in [0.3, 0.4) is 0 Å². The van der Waals surface area contributed by atoms with Gasteiger partial charge < -0.3 is 9.88 Å². The number of H-pyrrole nitrogens is 1. The topological polar surface area (TPSA) is 36.1 Å². The maximum Gasteiger partial charge on any atom is 0.257 e. The summed E-state index contributed by atoms with van der Waals surface area (Å²) < 4.78 is 0. The fraction of sp³-hybridized carbons (Fsp3) is 0.118. The Balaban J connectivity index is 1.90. The molecular formula is C17H14N2O. The Kier molecular flexibility index (Phi) is 2.39. The number of rotatable bonds is 1. The maximum absolute atomic E-state index is 12.2. The molecule has 3 heteroatoms. The van der Waals surface area contributed by atoms with Gasteiger partial charge in [-0.2, -0.15) is 0 Å². The van der Waals surface area contributed by atoms with Crippen LogP contribution in [0.1, 0.15) is 5.56 Å². The van der Waals surface area contributed by atoms with E-state index in [1.165, 1.54) is 11.3 Å². The molecule has 2 heterocycles. The van der Waals surface area contributed by atoms with Gasteiger partial charge in [0.05, 0.1) is 0 Å². The van der Waals surface area contributed by atoms with Crippen LogP contribution in [0.4, 0.5) is 11.5 Å². The SMILES string of the molecule is O=c1[nH]c(N2CCc3ccccc32)cc2ccccc12. The molecule has 1 aromatic heterocycles. The number of hydrogen-bond donors (Lipinski definition) is 1. The zero-order valence-electron chi connectivity index (χ0n) is 11.0. The minimum Gasteiger partial charge on any atom is -0.327 e. The first-order valence-corrected chi connectivity index (χ1v) is 6.80. The van der Waals surface area contributed by atoms with E-state index in [0.717, 1.165) is 29.6 Å². The maximum atomic E-state index is 12.2. The van der Waals surface area contributed by atoms with Crippen molar-refractivity contribution in [3.05, 3.63) is 70.5 Å². The van der Waals surface area contributed by atoms with E-state index in [-0.39, 0.29) is 5.56 Å². The molecule has 0 aliphatic carbocycles. The second-order valence-corrected chi connectivity index (χ2v) is 5.10. The summed E-state index contributed by atoms with van der Waals surface area (Å²) in [4.78, 5) is 17.4. The minimum atomic E-state index is -0.0255. The van der Waals surface area contributed by atoms with Crippen LogP contribution in [-0.2, 0) is 6.42 Å². The molecule has 0 saturated heterocycles. The smallest absolute Gasteiger partial charge is 0.257 e. The van der Waals surface area contributed by atoms with Gasteiger partial charge in [0.2, 0.25) is 0 Å². The molecule has 0 radical (unpaired) electrons. The lowest BCUT2D eigenvalue weighted by atomic mass is 10.1. The molecule has 98 valence electrons. The van der Waals surface area contributed by atoms with Gasteiger partial charge in [-0.3, -0.25) is 4.79 Å². The molecule has 3 nitrogen and oxygen atoms in total. The third-order valence-electron chi connectivity index (χ3n) is 3.92. The van der Waals surface area contributed by atoms with Crippen LogP contribution < -0.4 is 10.5 Å². The number of fused-ring (bicyclic) bond motifs is 2. The number of aromatic amines is 1. The molecule has 0 saturated carbocycles. The van der Waals surface area contributed by atoms with Gasteiger partial charge >= 0.3 is 0 Å². The monoisotopic (exact) mass is 262 g/mol. The summed E-state index contributed by atoms with van der Waals surface area (Å²) in [6, 6.07) is 18.1. The molecule has 4 rings (SSSR count). The summed E-state index contributed by atoms with van der Waals surface area (Å²) in [5, 5.41) is 1.72. The zero-order valence-corrected chi connectivity index (χ0v) is 11.0. The van der Waals surface area contributed by atoms with Crippen molar-refractivity contribution >= 4 is 22.3 Å². The highest BCUT2D eigenvalue weighted by atomic mass is 16.1. The number of aromatic nitrogens is 1. The summed E-state index contributed by atoms with van der Waals surface area (Å²) in [6.07, 6.45) is 1.02. The van der Waals surface area contributed by atoms with Crippen molar-refractivity contribution in [2.45, 2.75) is 6.42 Å². The van der Waals surface area contributed by atoms with E-state index < -0.39 is 0 Å². The number of hydrogen-bond acceptors (Lipinski definition) is 2. The Morgan fingerprint density at radius 1 is 1.00 bits per heavy atom. The van der Waals surface area contributed by atoms with Crippen molar-refractivity contribution in [3.8, 4) is 0 Å². The summed E-state index contributed by atoms with van der Waals surface area (Å²) in [5.41, 5.74) is 2.50. The number of pyridine rings is 1. The summed E-state index contributed by atoms with van der Waals surface area (Å²) in [5.74, 6) is 0.874. The van der Waals surface area contributed by atoms with E-state index in [4.69, 9.17) is 0 Å². The molecule has 20 heavy (non-hydrogen) atoms. The first-order chi connectivity index (χ1) is 9.83. The highest BCUT2D eigenvalue weighted by Crippen LogP contribution is 2.33. The molecule has 0 spiro atoms. The van der Waals surface area contributed by atoms with E-state index >= 15 is 0 Å². The Labute approximate surface area is 116 Å². The highest BCUT2D eigenvalue weighted by Gasteiger charge is 2.20. The molecule has 0 fully saturated rings. The van der Waals surface area contributed by atoms with Crippen LogP contribution in [-0.4, -0.2) is 11.5 Å². The van der Waals surface area contributed by atoms with Crippen LogP contribution >= 0.6 is 0 Å². The molecular weight excluding hydrogens is 248 g/mol. The fourth-order valence-electron chi connectivity index (χ4n) is 2.93. The van der Waals surface area contributed by atoms with Crippen molar-refractivity contribution in [1.82, 2.24) is 4.98 Å². The lowest BCUT2D eigenvalue weighted by Crippen LogP contribution is -2.19. The molecule has 2 aromatic carbocycles. The van der Waals surface area contributed by atoms with E-state index in [2.05, 4.69) is 34.1 Å². The number of para-hydroxylation sites is 1. The molecule has 0 unspecified atom stereocenters. The highest BCUT2D eigenvalue weighted by molar-refractivity contribution is 5.85. The lowest BCUT2D eigenvalue weighted by Gasteiger charge is -2.19. The number of anilines is 2. The fourth-order valence-corrected chi connectivity index (χ4v) is 2.93. The molecule has 1 aliphatic heterocycles. The Bertz CT molecular complexity index is 851. The van der Waals surface area contributed by atoms with Crippen molar-refractivity contribution in [2.24, 2.45) is 0 Å². The van der Waals surface area contributed by atoms with Gasteiger partial charge in [-0.15, -0.1) is 0 Å². The van der Waals surface area contributed by atoms with Gasteiger partial charge in [0.15, 0.2) is 0 Å². The van der Waals surface area contributed by atoms with Crippen LogP contribution in [0, 0.1) is 0 Å². The molecule has 0 bridgehead atoms. The normalized spacial score (nSPS) is 13.7. The Hall–Kier alpha value is -2.55. The average molecular weight is 262 g/mol. The summed E-state index contributed by atoms with van der Waals surface area (Å²) in [6.45, 7) is 0.910. The largest absolute Gasteiger partial charge is 0.327 e. The molecule has 3 aromatic rings. The first-order valence-electron chi connectivity index (χ1n) is 6.80. The molecule has 1 aliphatic rings. The van der Waals surface area contributed by atoms with Gasteiger partial charge in [0.25, 0.3) is 5.56 Å². The van der Waals surface area contributed by atoms with Crippen LogP contribution in [0.25, 0.3) is 10.8 Å². The Morgan fingerprint density at radius 2 is 1.80 bits per heavy atom. The van der Waals surface area contributed by atoms with E-state index in [9.17, 15) is 4.79 Å². The summed E-state index contributed by atoms with van der Waals surface area (Å²) >= 11 is 0. The van der Waals surface area contributed by atoms with Crippen LogP contribution in [0.5, 0.6) is 0 Å². The third kappa shape index (κ3) is 1.63. The second kappa shape index (κ2) is 4.23. The van der Waals surface area contributed by atoms with Gasteiger partial charge in [-0.25, -0.2) is 0 Å². The number of nitrogens with zero attached hydrogens (tertiary/aromatic N) is 1. The average Bonchev–Trinajstić information content (AvgIpc) is 2.91. The van der Waals surface area contributed by atoms with E-state index in [1.54, 1.807) is 0 Å². The molecule has 0 amide bonds. The predicted octanol–water partition coefficient (Wildman–Crippen LogP) is 3.22. The van der Waals surface area contributed by atoms with Crippen LogP contribution in [0.2, 0.25) is 0 Å². The van der Waals surface area contributed by atoms with Gasteiger partial charge in [0, 0.05) is 17.6 Å². The molecule has 0 atom stereocenters. The zero-order chi connectivity index (χ0) is 13.5. The van der Waals surface area contributed by atoms with Crippen LogP contribution in [0.15, 0.2) is 59.4 Å². The number of benzene rings is 2. The van der Waals surface area contributed by atoms with Gasteiger partial charge in [-0.1, -0.05) is 36.4 Å². The van der Waals surface area contributed by atoms with E-state index in [1.807, 2.05) is 30.3 Å². The summed E-state index contributed by atoms with van der Waals surface area (Å²) in [7, 11) is 0.